The highest BCUT2D eigenvalue weighted by molar-refractivity contribution is 4.87. The van der Waals surface area contributed by atoms with Crippen LogP contribution in [-0.2, 0) is 0 Å². The summed E-state index contributed by atoms with van der Waals surface area (Å²) in [6, 6.07) is 0. The molecular formula is C14H28N2. The lowest BCUT2D eigenvalue weighted by Crippen LogP contribution is -2.47. The van der Waals surface area contributed by atoms with Crippen molar-refractivity contribution in [2.24, 2.45) is 5.92 Å². The molecule has 1 heterocycles. The summed E-state index contributed by atoms with van der Waals surface area (Å²) in [4.78, 5) is 2.46. The van der Waals surface area contributed by atoms with Crippen molar-refractivity contribution in [3.63, 3.8) is 0 Å². The molecule has 0 aromatic carbocycles. The van der Waals surface area contributed by atoms with Crippen LogP contribution in [0.3, 0.4) is 0 Å². The van der Waals surface area contributed by atoms with Gasteiger partial charge in [-0.25, -0.2) is 0 Å². The Labute approximate surface area is 101 Å². The molecule has 0 aromatic rings. The van der Waals surface area contributed by atoms with E-state index in [1.54, 1.807) is 0 Å². The van der Waals surface area contributed by atoms with E-state index >= 15 is 0 Å². The van der Waals surface area contributed by atoms with Crippen LogP contribution in [0.4, 0.5) is 0 Å². The second-order valence-electron chi connectivity index (χ2n) is 6.25. The predicted octanol–water partition coefficient (Wildman–Crippen LogP) is 2.64. The molecule has 2 rings (SSSR count). The maximum Gasteiger partial charge on any atom is 0.0153 e. The molecule has 16 heavy (non-hydrogen) atoms. The van der Waals surface area contributed by atoms with Crippen LogP contribution in [0.2, 0.25) is 0 Å². The summed E-state index contributed by atoms with van der Waals surface area (Å²) in [5.74, 6) is 0.926. The zero-order valence-electron chi connectivity index (χ0n) is 11.1. The molecule has 1 aliphatic heterocycles. The molecule has 0 aromatic heterocycles. The van der Waals surface area contributed by atoms with E-state index < -0.39 is 0 Å². The molecule has 0 unspecified atom stereocenters. The Balaban J connectivity index is 1.70. The lowest BCUT2D eigenvalue weighted by Gasteiger charge is -2.37. The van der Waals surface area contributed by atoms with Gasteiger partial charge in [-0.05, 0) is 65.2 Å². The van der Waals surface area contributed by atoms with E-state index in [1.807, 2.05) is 0 Å². The van der Waals surface area contributed by atoms with Gasteiger partial charge in [0.1, 0.15) is 0 Å². The van der Waals surface area contributed by atoms with Crippen molar-refractivity contribution in [1.29, 1.82) is 0 Å². The van der Waals surface area contributed by atoms with Crippen molar-refractivity contribution in [1.82, 2.24) is 10.2 Å². The zero-order valence-corrected chi connectivity index (χ0v) is 11.1. The third-order valence-electron chi connectivity index (χ3n) is 4.61. The van der Waals surface area contributed by atoms with Gasteiger partial charge in [0.05, 0.1) is 0 Å². The Morgan fingerprint density at radius 2 is 1.75 bits per heavy atom. The van der Waals surface area contributed by atoms with Crippen molar-refractivity contribution >= 4 is 0 Å². The Morgan fingerprint density at radius 3 is 2.38 bits per heavy atom. The Bertz CT molecular complexity index is 201. The van der Waals surface area contributed by atoms with Crippen molar-refractivity contribution in [2.75, 3.05) is 26.7 Å². The highest BCUT2D eigenvalue weighted by Crippen LogP contribution is 2.28. The summed E-state index contributed by atoms with van der Waals surface area (Å²) in [5.41, 5.74) is 0.460. The quantitative estimate of drug-likeness (QED) is 0.793. The van der Waals surface area contributed by atoms with Crippen LogP contribution in [-0.4, -0.2) is 37.1 Å². The van der Waals surface area contributed by atoms with Gasteiger partial charge in [0.2, 0.25) is 0 Å². The first-order valence-corrected chi connectivity index (χ1v) is 7.12. The second kappa shape index (κ2) is 5.50. The van der Waals surface area contributed by atoms with Gasteiger partial charge >= 0.3 is 0 Å². The highest BCUT2D eigenvalue weighted by atomic mass is 15.1. The molecule has 1 saturated carbocycles. The van der Waals surface area contributed by atoms with E-state index in [2.05, 4.69) is 24.2 Å². The van der Waals surface area contributed by atoms with Gasteiger partial charge in [-0.1, -0.05) is 19.3 Å². The Hall–Kier alpha value is -0.0800. The minimum Gasteiger partial charge on any atom is -0.311 e. The number of piperidine rings is 1. The summed E-state index contributed by atoms with van der Waals surface area (Å²) < 4.78 is 0. The summed E-state index contributed by atoms with van der Waals surface area (Å²) >= 11 is 0. The summed E-state index contributed by atoms with van der Waals surface area (Å²) in [5, 5.41) is 3.86. The van der Waals surface area contributed by atoms with E-state index in [0.717, 1.165) is 5.92 Å². The maximum atomic E-state index is 3.86. The SMILES string of the molecule is CN1CCC(CNC2(C)CCCCC2)CC1. The largest absolute Gasteiger partial charge is 0.311 e. The standard InChI is InChI=1S/C14H28N2/c1-14(8-4-3-5-9-14)15-12-13-6-10-16(2)11-7-13/h13,15H,3-12H2,1-2H3. The first-order valence-electron chi connectivity index (χ1n) is 7.12. The summed E-state index contributed by atoms with van der Waals surface area (Å²) in [6.45, 7) is 6.28. The summed E-state index contributed by atoms with van der Waals surface area (Å²) in [6.07, 6.45) is 9.86. The number of nitrogens with zero attached hydrogens (tertiary/aromatic N) is 1. The van der Waals surface area contributed by atoms with E-state index in [-0.39, 0.29) is 0 Å². The molecule has 2 aliphatic rings. The average Bonchev–Trinajstić information content (AvgIpc) is 2.29. The van der Waals surface area contributed by atoms with Gasteiger partial charge in [0, 0.05) is 5.54 Å². The van der Waals surface area contributed by atoms with Gasteiger partial charge in [0.25, 0.3) is 0 Å². The lowest BCUT2D eigenvalue weighted by atomic mass is 9.82. The van der Waals surface area contributed by atoms with Crippen LogP contribution in [0, 0.1) is 5.92 Å². The van der Waals surface area contributed by atoms with Crippen LogP contribution >= 0.6 is 0 Å². The molecule has 0 bridgehead atoms. The number of nitrogens with one attached hydrogen (secondary N) is 1. The minimum absolute atomic E-state index is 0.460. The van der Waals surface area contributed by atoms with Crippen LogP contribution in [0.1, 0.15) is 51.9 Å². The van der Waals surface area contributed by atoms with Crippen LogP contribution in [0.25, 0.3) is 0 Å². The fourth-order valence-electron chi connectivity index (χ4n) is 3.17. The second-order valence-corrected chi connectivity index (χ2v) is 6.25. The molecule has 0 atom stereocenters. The van der Waals surface area contributed by atoms with Gasteiger partial charge in [-0.15, -0.1) is 0 Å². The monoisotopic (exact) mass is 224 g/mol. The number of likely N-dealkylation sites (tertiary alicyclic amines) is 1. The van der Waals surface area contributed by atoms with Gasteiger partial charge in [-0.2, -0.15) is 0 Å². The average molecular weight is 224 g/mol. The van der Waals surface area contributed by atoms with Crippen molar-refractivity contribution in [3.05, 3.63) is 0 Å². The van der Waals surface area contributed by atoms with E-state index in [9.17, 15) is 0 Å². The molecule has 1 N–H and O–H groups in total. The number of hydrogen-bond acceptors (Lipinski definition) is 2. The van der Waals surface area contributed by atoms with E-state index in [4.69, 9.17) is 0 Å². The third kappa shape index (κ3) is 3.46. The molecule has 0 spiro atoms. The van der Waals surface area contributed by atoms with Crippen LogP contribution in [0.15, 0.2) is 0 Å². The molecule has 2 heteroatoms. The maximum absolute atomic E-state index is 3.86. The van der Waals surface area contributed by atoms with Gasteiger partial charge in [-0.3, -0.25) is 0 Å². The topological polar surface area (TPSA) is 15.3 Å². The fraction of sp³-hybridized carbons (Fsp3) is 1.00. The Kier molecular flexibility index (Phi) is 4.26. The summed E-state index contributed by atoms with van der Waals surface area (Å²) in [7, 11) is 2.24. The molecule has 1 saturated heterocycles. The van der Waals surface area contributed by atoms with E-state index in [0.29, 0.717) is 5.54 Å². The normalized spacial score (nSPS) is 28.1. The van der Waals surface area contributed by atoms with E-state index in [1.165, 1.54) is 64.6 Å². The number of rotatable bonds is 3. The molecule has 94 valence electrons. The first-order chi connectivity index (χ1) is 7.68. The van der Waals surface area contributed by atoms with Crippen molar-refractivity contribution < 1.29 is 0 Å². The van der Waals surface area contributed by atoms with Gasteiger partial charge < -0.3 is 10.2 Å². The molecular weight excluding hydrogens is 196 g/mol. The molecule has 2 fully saturated rings. The van der Waals surface area contributed by atoms with Crippen molar-refractivity contribution in [2.45, 2.75) is 57.4 Å². The van der Waals surface area contributed by atoms with Crippen molar-refractivity contribution in [3.8, 4) is 0 Å². The molecule has 2 nitrogen and oxygen atoms in total. The molecule has 0 radical (unpaired) electrons. The Morgan fingerprint density at radius 1 is 1.12 bits per heavy atom. The predicted molar refractivity (Wildman–Crippen MR) is 69.7 cm³/mol. The highest BCUT2D eigenvalue weighted by Gasteiger charge is 2.27. The molecule has 1 aliphatic carbocycles. The smallest absolute Gasteiger partial charge is 0.0153 e. The van der Waals surface area contributed by atoms with Crippen LogP contribution < -0.4 is 5.32 Å². The molecule has 0 amide bonds. The first kappa shape index (κ1) is 12.4. The minimum atomic E-state index is 0.460. The lowest BCUT2D eigenvalue weighted by molar-refractivity contribution is 0.187. The third-order valence-corrected chi connectivity index (χ3v) is 4.61. The van der Waals surface area contributed by atoms with Gasteiger partial charge in [0.15, 0.2) is 0 Å². The number of hydrogen-bond donors (Lipinski definition) is 1. The zero-order chi connectivity index (χ0) is 11.4. The fourth-order valence-corrected chi connectivity index (χ4v) is 3.17. The van der Waals surface area contributed by atoms with Crippen LogP contribution in [0.5, 0.6) is 0 Å².